The summed E-state index contributed by atoms with van der Waals surface area (Å²) >= 11 is 1.53. The van der Waals surface area contributed by atoms with Crippen LogP contribution in [0.15, 0.2) is 29.1 Å². The van der Waals surface area contributed by atoms with Crippen LogP contribution >= 0.6 is 11.3 Å². The molecule has 6 nitrogen and oxygen atoms in total. The van der Waals surface area contributed by atoms with Crippen LogP contribution in [-0.4, -0.2) is 36.0 Å². The van der Waals surface area contributed by atoms with Gasteiger partial charge in [-0.15, -0.1) is 11.3 Å². The van der Waals surface area contributed by atoms with Gasteiger partial charge in [0.25, 0.3) is 0 Å². The smallest absolute Gasteiger partial charge is 0.220 e. The maximum absolute atomic E-state index is 13.7. The molecule has 1 aromatic heterocycles. The second kappa shape index (κ2) is 9.14. The van der Waals surface area contributed by atoms with Gasteiger partial charge in [-0.3, -0.25) is 9.59 Å². The fourth-order valence-corrected chi connectivity index (χ4v) is 4.11. The van der Waals surface area contributed by atoms with Crippen molar-refractivity contribution in [2.24, 2.45) is 0 Å². The average Bonchev–Trinajstić information content (AvgIpc) is 3.32. The van der Waals surface area contributed by atoms with Crippen LogP contribution in [0.5, 0.6) is 5.75 Å². The molecule has 3 rings (SSSR count). The summed E-state index contributed by atoms with van der Waals surface area (Å²) < 4.78 is 18.7. The highest BCUT2D eigenvalue weighted by Gasteiger charge is 2.38. The van der Waals surface area contributed by atoms with Gasteiger partial charge in [-0.25, -0.2) is 9.37 Å². The molecule has 2 aromatic rings. The Morgan fingerprint density at radius 3 is 3.00 bits per heavy atom. The molecule has 0 bridgehead atoms. The van der Waals surface area contributed by atoms with Gasteiger partial charge in [-0.05, 0) is 37.0 Å². The maximum atomic E-state index is 13.7. The molecule has 1 aliphatic rings. The van der Waals surface area contributed by atoms with Gasteiger partial charge in [0, 0.05) is 36.7 Å². The standard InChI is InChI=1S/C20H24FN3O3S/c1-27-17-10-14(2-3-16(17)21)11-20(8-5-19(26)24-20)7-4-18(25)22-9-6-15-12-28-13-23-15/h2-3,10,12-13H,4-9,11H2,1H3,(H,22,25)(H,24,26)/t20-/m1/s1. The van der Waals surface area contributed by atoms with E-state index in [1.54, 1.807) is 17.6 Å². The lowest BCUT2D eigenvalue weighted by Gasteiger charge is -2.29. The van der Waals surface area contributed by atoms with Crippen molar-refractivity contribution in [2.45, 2.75) is 44.1 Å². The number of aromatic nitrogens is 1. The lowest BCUT2D eigenvalue weighted by molar-refractivity contribution is -0.122. The summed E-state index contributed by atoms with van der Waals surface area (Å²) in [5, 5.41) is 7.91. The van der Waals surface area contributed by atoms with Gasteiger partial charge >= 0.3 is 0 Å². The Balaban J connectivity index is 1.57. The van der Waals surface area contributed by atoms with E-state index in [2.05, 4.69) is 15.6 Å². The highest BCUT2D eigenvalue weighted by molar-refractivity contribution is 7.07. The molecule has 28 heavy (non-hydrogen) atoms. The summed E-state index contributed by atoms with van der Waals surface area (Å²) in [6.45, 7) is 0.539. The van der Waals surface area contributed by atoms with E-state index < -0.39 is 11.4 Å². The first-order valence-electron chi connectivity index (χ1n) is 9.27. The molecule has 2 amide bonds. The van der Waals surface area contributed by atoms with E-state index in [4.69, 9.17) is 4.74 Å². The van der Waals surface area contributed by atoms with E-state index in [9.17, 15) is 14.0 Å². The number of rotatable bonds is 9. The summed E-state index contributed by atoms with van der Waals surface area (Å²) in [5.74, 6) is -0.308. The number of carbonyl (C=O) groups excluding carboxylic acids is 2. The van der Waals surface area contributed by atoms with Crippen LogP contribution in [0.25, 0.3) is 0 Å². The number of carbonyl (C=O) groups is 2. The third-order valence-corrected chi connectivity index (χ3v) is 5.65. The van der Waals surface area contributed by atoms with Gasteiger partial charge in [0.2, 0.25) is 11.8 Å². The van der Waals surface area contributed by atoms with Crippen molar-refractivity contribution >= 4 is 23.2 Å². The molecule has 1 aromatic carbocycles. The van der Waals surface area contributed by atoms with E-state index in [1.165, 1.54) is 24.5 Å². The molecule has 0 radical (unpaired) electrons. The van der Waals surface area contributed by atoms with Gasteiger partial charge in [0.15, 0.2) is 11.6 Å². The molecule has 1 aliphatic heterocycles. The SMILES string of the molecule is COc1cc(C[C@@]2(CCC(=O)NCCc3cscn3)CCC(=O)N2)ccc1F. The summed E-state index contributed by atoms with van der Waals surface area (Å²) in [5.41, 5.74) is 3.11. The average molecular weight is 405 g/mol. The van der Waals surface area contributed by atoms with E-state index in [1.807, 2.05) is 5.38 Å². The topological polar surface area (TPSA) is 80.3 Å². The number of methoxy groups -OCH3 is 1. The number of halogens is 1. The summed E-state index contributed by atoms with van der Waals surface area (Å²) in [6.07, 6.45) is 3.16. The van der Waals surface area contributed by atoms with Crippen LogP contribution < -0.4 is 15.4 Å². The zero-order valence-corrected chi connectivity index (χ0v) is 16.6. The van der Waals surface area contributed by atoms with Gasteiger partial charge in [-0.2, -0.15) is 0 Å². The molecule has 0 aliphatic carbocycles. The van der Waals surface area contributed by atoms with Crippen LogP contribution in [0.3, 0.4) is 0 Å². The Bertz CT molecular complexity index is 828. The predicted octanol–water partition coefficient (Wildman–Crippen LogP) is 2.62. The molecular weight excluding hydrogens is 381 g/mol. The van der Waals surface area contributed by atoms with E-state index >= 15 is 0 Å². The molecule has 0 spiro atoms. The Morgan fingerprint density at radius 1 is 1.46 bits per heavy atom. The Hall–Kier alpha value is -2.48. The molecule has 1 saturated heterocycles. The highest BCUT2D eigenvalue weighted by Crippen LogP contribution is 2.31. The number of ether oxygens (including phenoxy) is 1. The molecule has 2 N–H and O–H groups in total. The number of thiazole rings is 1. The molecule has 1 atom stereocenters. The molecule has 0 saturated carbocycles. The lowest BCUT2D eigenvalue weighted by atomic mass is 9.85. The highest BCUT2D eigenvalue weighted by atomic mass is 32.1. The number of nitrogens with zero attached hydrogens (tertiary/aromatic N) is 1. The Kier molecular flexibility index (Phi) is 6.61. The van der Waals surface area contributed by atoms with E-state index in [0.29, 0.717) is 45.1 Å². The fraction of sp³-hybridized carbons (Fsp3) is 0.450. The maximum Gasteiger partial charge on any atom is 0.220 e. The zero-order valence-electron chi connectivity index (χ0n) is 15.8. The second-order valence-electron chi connectivity index (χ2n) is 7.05. The normalized spacial score (nSPS) is 18.7. The van der Waals surface area contributed by atoms with Crippen molar-refractivity contribution in [3.8, 4) is 5.75 Å². The van der Waals surface area contributed by atoms with Crippen molar-refractivity contribution in [1.29, 1.82) is 0 Å². The second-order valence-corrected chi connectivity index (χ2v) is 7.77. The number of hydrogen-bond donors (Lipinski definition) is 2. The zero-order chi connectivity index (χ0) is 20.0. The first-order valence-corrected chi connectivity index (χ1v) is 10.2. The Morgan fingerprint density at radius 2 is 2.32 bits per heavy atom. The number of nitrogens with one attached hydrogen (secondary N) is 2. The Labute approximate surface area is 167 Å². The predicted molar refractivity (Wildman–Crippen MR) is 105 cm³/mol. The van der Waals surface area contributed by atoms with E-state index in [-0.39, 0.29) is 17.6 Å². The van der Waals surface area contributed by atoms with Crippen LogP contribution in [0.2, 0.25) is 0 Å². The summed E-state index contributed by atoms with van der Waals surface area (Å²) in [6, 6.07) is 4.71. The summed E-state index contributed by atoms with van der Waals surface area (Å²) in [4.78, 5) is 28.3. The third kappa shape index (κ3) is 5.28. The van der Waals surface area contributed by atoms with Crippen molar-refractivity contribution in [2.75, 3.05) is 13.7 Å². The monoisotopic (exact) mass is 405 g/mol. The first-order chi connectivity index (χ1) is 13.5. The molecular formula is C20H24FN3O3S. The molecule has 0 unspecified atom stereocenters. The lowest BCUT2D eigenvalue weighted by Crippen LogP contribution is -2.44. The molecule has 8 heteroatoms. The largest absolute Gasteiger partial charge is 0.494 e. The fourth-order valence-electron chi connectivity index (χ4n) is 3.52. The van der Waals surface area contributed by atoms with E-state index in [0.717, 1.165) is 11.3 Å². The number of amides is 2. The van der Waals surface area contributed by atoms with Crippen LogP contribution in [0.4, 0.5) is 4.39 Å². The third-order valence-electron chi connectivity index (χ3n) is 5.01. The van der Waals surface area contributed by atoms with Crippen molar-refractivity contribution in [3.05, 3.63) is 46.2 Å². The molecule has 1 fully saturated rings. The van der Waals surface area contributed by atoms with Gasteiger partial charge in [0.05, 0.1) is 18.3 Å². The van der Waals surface area contributed by atoms with Gasteiger partial charge in [0.1, 0.15) is 0 Å². The van der Waals surface area contributed by atoms with Gasteiger partial charge in [-0.1, -0.05) is 6.07 Å². The number of benzene rings is 1. The quantitative estimate of drug-likeness (QED) is 0.672. The van der Waals surface area contributed by atoms with Crippen molar-refractivity contribution in [3.63, 3.8) is 0 Å². The van der Waals surface area contributed by atoms with Crippen LogP contribution in [0, 0.1) is 5.82 Å². The minimum atomic E-state index is -0.494. The minimum absolute atomic E-state index is 0.0157. The van der Waals surface area contributed by atoms with Crippen LogP contribution in [-0.2, 0) is 22.4 Å². The minimum Gasteiger partial charge on any atom is -0.494 e. The summed E-state index contributed by atoms with van der Waals surface area (Å²) in [7, 11) is 1.42. The van der Waals surface area contributed by atoms with Crippen LogP contribution in [0.1, 0.15) is 36.9 Å². The number of hydrogen-bond acceptors (Lipinski definition) is 5. The first kappa shape index (κ1) is 20.3. The van der Waals surface area contributed by atoms with Gasteiger partial charge < -0.3 is 15.4 Å². The van der Waals surface area contributed by atoms with Crippen molar-refractivity contribution < 1.29 is 18.7 Å². The molecule has 2 heterocycles. The molecule has 150 valence electrons. The van der Waals surface area contributed by atoms with Crippen molar-refractivity contribution in [1.82, 2.24) is 15.6 Å².